The second-order valence-corrected chi connectivity index (χ2v) is 15.9. The lowest BCUT2D eigenvalue weighted by Crippen LogP contribution is -2.46. The Labute approximate surface area is 286 Å². The van der Waals surface area contributed by atoms with Crippen molar-refractivity contribution >= 4 is 57.7 Å². The molecule has 0 aromatic carbocycles. The molecule has 2 fully saturated rings. The van der Waals surface area contributed by atoms with Gasteiger partial charge in [-0.3, -0.25) is 37.7 Å². The first-order valence-electron chi connectivity index (χ1n) is 14.4. The van der Waals surface area contributed by atoms with Gasteiger partial charge in [0.15, 0.2) is 23.7 Å². The molecule has 13 N–H and O–H groups in total. The highest BCUT2D eigenvalue weighted by Gasteiger charge is 2.50. The second-order valence-electron chi connectivity index (χ2n) is 11.3. The van der Waals surface area contributed by atoms with Gasteiger partial charge >= 0.3 is 29.1 Å². The van der Waals surface area contributed by atoms with Crippen LogP contribution in [0.25, 0.3) is 22.3 Å². The number of H-pyrrole nitrogens is 2. The van der Waals surface area contributed by atoms with Gasteiger partial charge in [0.2, 0.25) is 17.7 Å². The maximum Gasteiger partial charge on any atom is 0.490 e. The number of imidazole rings is 2. The molecule has 0 amide bonds. The van der Waals surface area contributed by atoms with Gasteiger partial charge in [-0.1, -0.05) is 4.98 Å². The number of nitrogens with two attached hydrogens (primary N) is 2. The molecule has 0 bridgehead atoms. The zero-order chi connectivity index (χ0) is 38.1. The SMILES string of the molecule is Cn1c[n+]([C@@H]2O[C@H](COP(=O)(O)OP(=O)(O)OP(=O)(O)OC[C@H]3O[C@@H](n4cnc5c(=O)[nH]c(N)nc54)[C@@H](O)C3O)C(O)[C@@H]2O)c2nc(N)[nH]c(=O)c21. The highest BCUT2D eigenvalue weighted by Crippen LogP contribution is 2.67. The van der Waals surface area contributed by atoms with Crippen LogP contribution in [0, 0.1) is 0 Å². The zero-order valence-electron chi connectivity index (χ0n) is 26.0. The Balaban J connectivity index is 1.05. The summed E-state index contributed by atoms with van der Waals surface area (Å²) in [5, 5.41) is 42.0. The molecule has 0 saturated carbocycles. The Morgan fingerprint density at radius 3 is 2.04 bits per heavy atom. The summed E-state index contributed by atoms with van der Waals surface area (Å²) in [6.45, 7) is -2.18. The number of anilines is 2. The zero-order valence-corrected chi connectivity index (χ0v) is 28.7. The Kier molecular flexibility index (Phi) is 10.1. The number of nitrogens with one attached hydrogen (secondary N) is 2. The van der Waals surface area contributed by atoms with Crippen molar-refractivity contribution in [2.24, 2.45) is 7.05 Å². The molecule has 52 heavy (non-hydrogen) atoms. The summed E-state index contributed by atoms with van der Waals surface area (Å²) in [6.07, 6.45) is -11.0. The molecular weight excluding hydrogens is 773 g/mol. The lowest BCUT2D eigenvalue weighted by Gasteiger charge is -2.21. The van der Waals surface area contributed by atoms with E-state index in [1.807, 2.05) is 0 Å². The van der Waals surface area contributed by atoms with Crippen LogP contribution in [0.15, 0.2) is 22.2 Å². The molecule has 11 atom stereocenters. The van der Waals surface area contributed by atoms with E-state index in [-0.39, 0.29) is 34.2 Å². The fourth-order valence-corrected chi connectivity index (χ4v) is 8.96. The van der Waals surface area contributed by atoms with Crippen molar-refractivity contribution in [3.05, 3.63) is 33.4 Å². The van der Waals surface area contributed by atoms with E-state index in [1.54, 1.807) is 0 Å². The Morgan fingerprint density at radius 2 is 1.40 bits per heavy atom. The number of aromatic nitrogens is 8. The first-order valence-corrected chi connectivity index (χ1v) is 18.9. The van der Waals surface area contributed by atoms with Gasteiger partial charge in [0, 0.05) is 0 Å². The van der Waals surface area contributed by atoms with Crippen molar-refractivity contribution in [3.63, 3.8) is 0 Å². The highest BCUT2D eigenvalue weighted by atomic mass is 31.3. The van der Waals surface area contributed by atoms with Crippen molar-refractivity contribution in [2.45, 2.75) is 49.1 Å². The van der Waals surface area contributed by atoms with E-state index in [9.17, 15) is 58.4 Å². The molecule has 0 aliphatic carbocycles. The van der Waals surface area contributed by atoms with Crippen molar-refractivity contribution in [2.75, 3.05) is 24.7 Å². The molecule has 0 spiro atoms. The summed E-state index contributed by atoms with van der Waals surface area (Å²) in [4.78, 5) is 70.6. The predicted octanol–water partition coefficient (Wildman–Crippen LogP) is -4.55. The van der Waals surface area contributed by atoms with Crippen LogP contribution >= 0.6 is 23.5 Å². The summed E-state index contributed by atoms with van der Waals surface area (Å²) in [5.74, 6) is -0.590. The third kappa shape index (κ3) is 7.46. The van der Waals surface area contributed by atoms with Gasteiger partial charge in [-0.25, -0.2) is 23.2 Å². The van der Waals surface area contributed by atoms with Crippen molar-refractivity contribution in [3.8, 4) is 0 Å². The number of aryl methyl sites for hydroxylation is 1. The number of phosphoric acid groups is 3. The standard InChI is InChI=1S/C21H29N10O18P3/c1-29-5-31(15-9(29)17(37)28-21(23)26-15)19-13(35)11(33)7(47-19)3-45-51(40,41)49-52(42,43)48-50(38,39)44-2-6-10(32)12(34)18(46-6)30-4-24-8-14(30)25-20(22)27-16(8)36/h4-7,10-13,18-19,32-35H,2-3H2,1H3,(H8-,22,23,25,26,27,28,36,37,38,39,40,41,42,43)/p+1/t6-,7-,10?,11?,12+,13+,18-,19-/m1/s1. The third-order valence-electron chi connectivity index (χ3n) is 7.68. The van der Waals surface area contributed by atoms with Gasteiger partial charge in [-0.05, 0) is 0 Å². The number of ether oxygens (including phenoxy) is 2. The van der Waals surface area contributed by atoms with Gasteiger partial charge in [0.1, 0.15) is 36.6 Å². The summed E-state index contributed by atoms with van der Waals surface area (Å²) < 4.78 is 69.1. The van der Waals surface area contributed by atoms with Gasteiger partial charge < -0.3 is 56.0 Å². The number of hydrogen-bond acceptors (Lipinski definition) is 20. The molecule has 5 unspecified atom stereocenters. The van der Waals surface area contributed by atoms with E-state index >= 15 is 0 Å². The number of fused-ring (bicyclic) bond motifs is 2. The number of aliphatic hydroxyl groups excluding tert-OH is 4. The topological polar surface area (TPSA) is 418 Å². The van der Waals surface area contributed by atoms with Gasteiger partial charge in [-0.2, -0.15) is 13.6 Å². The minimum Gasteiger partial charge on any atom is -0.387 e. The number of aliphatic hydroxyl groups is 4. The molecule has 2 aliphatic rings. The smallest absolute Gasteiger partial charge is 0.387 e. The molecular formula is C21H30N10O18P3+. The molecule has 4 aromatic rings. The largest absolute Gasteiger partial charge is 0.490 e. The van der Waals surface area contributed by atoms with Crippen LogP contribution in [0.3, 0.4) is 0 Å². The number of phosphoric ester groups is 2. The van der Waals surface area contributed by atoms with E-state index in [4.69, 9.17) is 20.9 Å². The number of nitrogens with zero attached hydrogens (tertiary/aromatic N) is 6. The maximum atomic E-state index is 12.5. The average molecular weight is 803 g/mol. The van der Waals surface area contributed by atoms with Crippen LogP contribution in [-0.4, -0.2) is 119 Å². The summed E-state index contributed by atoms with van der Waals surface area (Å²) in [7, 11) is -15.9. The minimum atomic E-state index is -6.00. The van der Waals surface area contributed by atoms with Crippen LogP contribution in [0.2, 0.25) is 0 Å². The first kappa shape index (κ1) is 38.2. The van der Waals surface area contributed by atoms with E-state index < -0.39 is 96.9 Å². The van der Waals surface area contributed by atoms with Crippen LogP contribution < -0.4 is 27.2 Å². The number of aromatic amines is 2. The Morgan fingerprint density at radius 1 is 0.846 bits per heavy atom. The van der Waals surface area contributed by atoms with Gasteiger partial charge in [0.25, 0.3) is 17.1 Å². The van der Waals surface area contributed by atoms with E-state index in [0.29, 0.717) is 0 Å². The summed E-state index contributed by atoms with van der Waals surface area (Å²) >= 11 is 0. The Bertz CT molecular complexity index is 2280. The number of rotatable bonds is 12. The average Bonchev–Trinajstić information content (AvgIpc) is 3.74. The minimum absolute atomic E-state index is 0.00983. The van der Waals surface area contributed by atoms with Crippen molar-refractivity contribution in [1.29, 1.82) is 0 Å². The predicted molar refractivity (Wildman–Crippen MR) is 164 cm³/mol. The van der Waals surface area contributed by atoms with Crippen LogP contribution in [0.5, 0.6) is 0 Å². The summed E-state index contributed by atoms with van der Waals surface area (Å²) in [6, 6.07) is 0. The van der Waals surface area contributed by atoms with Crippen LogP contribution in [-0.2, 0) is 47.9 Å². The molecule has 6 heterocycles. The molecule has 28 nitrogen and oxygen atoms in total. The first-order chi connectivity index (χ1) is 24.2. The third-order valence-corrected chi connectivity index (χ3v) is 11.9. The molecule has 31 heteroatoms. The van der Waals surface area contributed by atoms with Crippen molar-refractivity contribution < 1.29 is 80.5 Å². The van der Waals surface area contributed by atoms with Crippen molar-refractivity contribution in [1.82, 2.24) is 34.1 Å². The monoisotopic (exact) mass is 803 g/mol. The van der Waals surface area contributed by atoms with Crippen LogP contribution in [0.1, 0.15) is 12.5 Å². The molecule has 4 aromatic heterocycles. The molecule has 2 aliphatic heterocycles. The quantitative estimate of drug-likeness (QED) is 0.0474. The molecule has 0 radical (unpaired) electrons. The maximum absolute atomic E-state index is 12.5. The highest BCUT2D eigenvalue weighted by molar-refractivity contribution is 7.66. The Hall–Kier alpha value is -3.53. The van der Waals surface area contributed by atoms with Crippen LogP contribution in [0.4, 0.5) is 11.9 Å². The summed E-state index contributed by atoms with van der Waals surface area (Å²) in [5.41, 5.74) is 9.37. The normalized spacial score (nSPS) is 30.1. The number of hydrogen-bond donors (Lipinski definition) is 11. The van der Waals surface area contributed by atoms with Gasteiger partial charge in [-0.15, -0.1) is 0 Å². The lowest BCUT2D eigenvalue weighted by atomic mass is 10.1. The van der Waals surface area contributed by atoms with Gasteiger partial charge in [0.05, 0.1) is 26.6 Å². The fourth-order valence-electron chi connectivity index (χ4n) is 5.44. The second kappa shape index (κ2) is 13.7. The molecule has 286 valence electrons. The van der Waals surface area contributed by atoms with E-state index in [2.05, 4.69) is 42.6 Å². The molecule has 6 rings (SSSR count). The fraction of sp³-hybridized carbons (Fsp3) is 0.524. The lowest BCUT2D eigenvalue weighted by molar-refractivity contribution is -0.745. The number of nitrogen functional groups attached to an aromatic ring is 2. The molecule has 2 saturated heterocycles. The van der Waals surface area contributed by atoms with E-state index in [0.717, 1.165) is 15.5 Å². The van der Waals surface area contributed by atoms with E-state index in [1.165, 1.54) is 17.9 Å².